The molecule has 0 aliphatic heterocycles. The zero-order chi connectivity index (χ0) is 18.5. The lowest BCUT2D eigenvalue weighted by molar-refractivity contribution is 0.0734. The Morgan fingerprint density at radius 3 is 2.74 bits per heavy atom. The molecule has 0 aliphatic carbocycles. The summed E-state index contributed by atoms with van der Waals surface area (Å²) in [4.78, 5) is 16.1. The number of aromatic nitrogens is 1. The summed E-state index contributed by atoms with van der Waals surface area (Å²) in [5.74, 6) is 0.430. The predicted molar refractivity (Wildman–Crippen MR) is 103 cm³/mol. The fourth-order valence-corrected chi connectivity index (χ4v) is 3.53. The Balaban J connectivity index is 1.53. The third-order valence-corrected chi connectivity index (χ3v) is 5.17. The van der Waals surface area contributed by atoms with Crippen molar-refractivity contribution in [1.82, 2.24) is 10.1 Å². The molecule has 0 bridgehead atoms. The molecule has 4 rings (SSSR count). The summed E-state index contributed by atoms with van der Waals surface area (Å²) in [6.45, 7) is 1.06. The number of rotatable bonds is 7. The van der Waals surface area contributed by atoms with Crippen LogP contribution in [0.2, 0.25) is 0 Å². The van der Waals surface area contributed by atoms with Gasteiger partial charge in [-0.1, -0.05) is 41.6 Å². The molecule has 3 aromatic heterocycles. The number of furan rings is 1. The standard InChI is InChI=1S/C21H18N2O3S/c24-21(19-13-20(26-22-19)17-5-2-1-3-6-17)23(14-16-9-11-25-15-16)10-8-18-7-4-12-27-18/h1-7,9,11-13,15H,8,10,14H2. The number of thiophene rings is 1. The molecule has 0 saturated heterocycles. The van der Waals surface area contributed by atoms with Gasteiger partial charge >= 0.3 is 0 Å². The van der Waals surface area contributed by atoms with Crippen LogP contribution in [0, 0.1) is 0 Å². The second-order valence-corrected chi connectivity index (χ2v) is 7.16. The molecule has 0 saturated carbocycles. The van der Waals surface area contributed by atoms with E-state index in [1.807, 2.05) is 47.8 Å². The second-order valence-electron chi connectivity index (χ2n) is 6.13. The fraction of sp³-hybridized carbons (Fsp3) is 0.143. The summed E-state index contributed by atoms with van der Waals surface area (Å²) in [6, 6.07) is 17.3. The molecule has 0 N–H and O–H groups in total. The van der Waals surface area contributed by atoms with Crippen LogP contribution >= 0.6 is 11.3 Å². The van der Waals surface area contributed by atoms with Crippen molar-refractivity contribution in [1.29, 1.82) is 0 Å². The molecule has 4 aromatic rings. The normalized spacial score (nSPS) is 10.8. The van der Waals surface area contributed by atoms with Crippen LogP contribution in [0.4, 0.5) is 0 Å². The Kier molecular flexibility index (Phi) is 5.16. The van der Waals surface area contributed by atoms with E-state index in [-0.39, 0.29) is 5.91 Å². The van der Waals surface area contributed by atoms with Gasteiger partial charge in [-0.3, -0.25) is 4.79 Å². The Bertz CT molecular complexity index is 976. The highest BCUT2D eigenvalue weighted by atomic mass is 32.1. The molecule has 6 heteroatoms. The van der Waals surface area contributed by atoms with Crippen molar-refractivity contribution >= 4 is 17.2 Å². The molecular weight excluding hydrogens is 360 g/mol. The number of nitrogens with zero attached hydrogens (tertiary/aromatic N) is 2. The quantitative estimate of drug-likeness (QED) is 0.460. The molecule has 0 atom stereocenters. The number of amides is 1. The summed E-state index contributed by atoms with van der Waals surface area (Å²) in [5, 5.41) is 6.04. The Morgan fingerprint density at radius 2 is 2.00 bits per heavy atom. The van der Waals surface area contributed by atoms with Gasteiger partial charge in [-0.15, -0.1) is 11.3 Å². The summed E-state index contributed by atoms with van der Waals surface area (Å²) in [6.07, 6.45) is 4.06. The van der Waals surface area contributed by atoms with E-state index in [1.165, 1.54) is 4.88 Å². The lowest BCUT2D eigenvalue weighted by Crippen LogP contribution is -2.32. The molecule has 0 spiro atoms. The van der Waals surface area contributed by atoms with E-state index in [9.17, 15) is 4.79 Å². The molecule has 27 heavy (non-hydrogen) atoms. The Morgan fingerprint density at radius 1 is 1.11 bits per heavy atom. The Hall–Kier alpha value is -3.12. The van der Waals surface area contributed by atoms with E-state index < -0.39 is 0 Å². The Labute approximate surface area is 160 Å². The van der Waals surface area contributed by atoms with Gasteiger partial charge in [-0.25, -0.2) is 0 Å². The summed E-state index contributed by atoms with van der Waals surface area (Å²) in [7, 11) is 0. The molecule has 1 amide bonds. The van der Waals surface area contributed by atoms with Gasteiger partial charge in [0.05, 0.1) is 12.5 Å². The van der Waals surface area contributed by atoms with Gasteiger partial charge in [0.25, 0.3) is 5.91 Å². The topological polar surface area (TPSA) is 59.5 Å². The van der Waals surface area contributed by atoms with Crippen molar-refractivity contribution in [3.8, 4) is 11.3 Å². The first kappa shape index (κ1) is 17.3. The van der Waals surface area contributed by atoms with Crippen LogP contribution in [0.5, 0.6) is 0 Å². The van der Waals surface area contributed by atoms with E-state index in [0.29, 0.717) is 24.5 Å². The molecule has 0 unspecified atom stereocenters. The highest BCUT2D eigenvalue weighted by Crippen LogP contribution is 2.21. The summed E-state index contributed by atoms with van der Waals surface area (Å²) >= 11 is 1.69. The lowest BCUT2D eigenvalue weighted by Gasteiger charge is -2.20. The second kappa shape index (κ2) is 8.05. The van der Waals surface area contributed by atoms with Gasteiger partial charge in [0.15, 0.2) is 11.5 Å². The molecular formula is C21H18N2O3S. The largest absolute Gasteiger partial charge is 0.472 e. The van der Waals surface area contributed by atoms with Crippen molar-refractivity contribution in [3.63, 3.8) is 0 Å². The maximum atomic E-state index is 13.1. The first-order valence-electron chi connectivity index (χ1n) is 8.64. The molecule has 0 radical (unpaired) electrons. The average Bonchev–Trinajstić information content (AvgIpc) is 3.48. The van der Waals surface area contributed by atoms with Gasteiger partial charge in [0.1, 0.15) is 0 Å². The molecule has 3 heterocycles. The van der Waals surface area contributed by atoms with Gasteiger partial charge in [-0.2, -0.15) is 0 Å². The van der Waals surface area contributed by atoms with Gasteiger partial charge < -0.3 is 13.8 Å². The molecule has 0 aliphatic rings. The van der Waals surface area contributed by atoms with Crippen LogP contribution in [0.1, 0.15) is 20.9 Å². The van der Waals surface area contributed by atoms with Gasteiger partial charge in [0, 0.05) is 35.2 Å². The van der Waals surface area contributed by atoms with E-state index in [2.05, 4.69) is 11.2 Å². The minimum atomic E-state index is -0.154. The van der Waals surface area contributed by atoms with Gasteiger partial charge in [-0.05, 0) is 23.9 Å². The molecule has 1 aromatic carbocycles. The third-order valence-electron chi connectivity index (χ3n) is 4.24. The zero-order valence-electron chi connectivity index (χ0n) is 14.6. The number of carbonyl (C=O) groups is 1. The average molecular weight is 378 g/mol. The van der Waals surface area contributed by atoms with Crippen LogP contribution in [-0.2, 0) is 13.0 Å². The molecule has 136 valence electrons. The van der Waals surface area contributed by atoms with Crippen LogP contribution in [0.3, 0.4) is 0 Å². The highest BCUT2D eigenvalue weighted by molar-refractivity contribution is 7.09. The zero-order valence-corrected chi connectivity index (χ0v) is 15.4. The number of benzene rings is 1. The van der Waals surface area contributed by atoms with E-state index >= 15 is 0 Å². The minimum Gasteiger partial charge on any atom is -0.472 e. The molecule has 5 nitrogen and oxygen atoms in total. The smallest absolute Gasteiger partial charge is 0.276 e. The number of carbonyl (C=O) groups excluding carboxylic acids is 1. The fourth-order valence-electron chi connectivity index (χ4n) is 2.83. The van der Waals surface area contributed by atoms with Crippen molar-refractivity contribution in [2.24, 2.45) is 0 Å². The number of hydrogen-bond acceptors (Lipinski definition) is 5. The van der Waals surface area contributed by atoms with E-state index in [1.54, 1.807) is 34.8 Å². The van der Waals surface area contributed by atoms with Crippen LogP contribution < -0.4 is 0 Å². The lowest BCUT2D eigenvalue weighted by atomic mass is 10.1. The van der Waals surface area contributed by atoms with Crippen molar-refractivity contribution in [3.05, 3.63) is 88.6 Å². The molecule has 0 fully saturated rings. The predicted octanol–water partition coefficient (Wildman–Crippen LogP) is 4.88. The summed E-state index contributed by atoms with van der Waals surface area (Å²) < 4.78 is 10.5. The third kappa shape index (κ3) is 4.17. The number of hydrogen-bond donors (Lipinski definition) is 0. The van der Waals surface area contributed by atoms with Gasteiger partial charge in [0.2, 0.25) is 0 Å². The van der Waals surface area contributed by atoms with E-state index in [0.717, 1.165) is 17.5 Å². The van der Waals surface area contributed by atoms with Crippen molar-refractivity contribution in [2.75, 3.05) is 6.54 Å². The van der Waals surface area contributed by atoms with Crippen LogP contribution in [-0.4, -0.2) is 22.5 Å². The van der Waals surface area contributed by atoms with E-state index in [4.69, 9.17) is 8.94 Å². The monoisotopic (exact) mass is 378 g/mol. The minimum absolute atomic E-state index is 0.154. The summed E-state index contributed by atoms with van der Waals surface area (Å²) in [5.41, 5.74) is 2.15. The maximum Gasteiger partial charge on any atom is 0.276 e. The SMILES string of the molecule is O=C(c1cc(-c2ccccc2)on1)N(CCc1cccs1)Cc1ccoc1. The van der Waals surface area contributed by atoms with Crippen LogP contribution in [0.25, 0.3) is 11.3 Å². The van der Waals surface area contributed by atoms with Crippen molar-refractivity contribution < 1.29 is 13.7 Å². The maximum absolute atomic E-state index is 13.1. The highest BCUT2D eigenvalue weighted by Gasteiger charge is 2.21. The van der Waals surface area contributed by atoms with Crippen molar-refractivity contribution in [2.45, 2.75) is 13.0 Å². The first-order valence-corrected chi connectivity index (χ1v) is 9.52. The van der Waals surface area contributed by atoms with Crippen LogP contribution in [0.15, 0.2) is 81.4 Å². The first-order chi connectivity index (χ1) is 13.3.